The summed E-state index contributed by atoms with van der Waals surface area (Å²) in [5.41, 5.74) is 0. The highest BCUT2D eigenvalue weighted by atomic mass is 35.5. The first-order valence-corrected chi connectivity index (χ1v) is 7.70. The van der Waals surface area contributed by atoms with E-state index in [1.54, 1.807) is 30.3 Å². The first-order chi connectivity index (χ1) is 11.4. The van der Waals surface area contributed by atoms with Crippen molar-refractivity contribution in [3.63, 3.8) is 0 Å². The zero-order valence-electron chi connectivity index (χ0n) is 12.7. The maximum absolute atomic E-state index is 11.9. The summed E-state index contributed by atoms with van der Waals surface area (Å²) in [6.45, 7) is 1.11. The summed E-state index contributed by atoms with van der Waals surface area (Å²) in [5.74, 6) is -0.452. The van der Waals surface area contributed by atoms with Crippen molar-refractivity contribution < 1.29 is 19.1 Å². The van der Waals surface area contributed by atoms with Crippen LogP contribution in [0, 0.1) is 0 Å². The van der Waals surface area contributed by atoms with Crippen LogP contribution in [0.15, 0.2) is 42.6 Å². The van der Waals surface area contributed by atoms with Gasteiger partial charge in [-0.3, -0.25) is 4.79 Å². The number of pyridine rings is 1. The monoisotopic (exact) mass is 368 g/mol. The van der Waals surface area contributed by atoms with Gasteiger partial charge in [-0.05, 0) is 37.3 Å². The van der Waals surface area contributed by atoms with Crippen LogP contribution in [0.2, 0.25) is 10.0 Å². The highest BCUT2D eigenvalue weighted by Crippen LogP contribution is 2.17. The van der Waals surface area contributed by atoms with E-state index in [1.807, 2.05) is 0 Å². The molecule has 1 aromatic carbocycles. The van der Waals surface area contributed by atoms with E-state index in [1.165, 1.54) is 19.2 Å². The largest absolute Gasteiger partial charge is 0.482 e. The first kappa shape index (κ1) is 18.0. The lowest BCUT2D eigenvalue weighted by atomic mass is 10.3. The van der Waals surface area contributed by atoms with E-state index in [9.17, 15) is 9.59 Å². The number of carbonyl (C=O) groups excluding carboxylic acids is 2. The first-order valence-electron chi connectivity index (χ1n) is 6.94. The van der Waals surface area contributed by atoms with Gasteiger partial charge in [0.2, 0.25) is 0 Å². The van der Waals surface area contributed by atoms with Crippen LogP contribution in [0.25, 0.3) is 0 Å². The number of benzene rings is 1. The van der Waals surface area contributed by atoms with Crippen LogP contribution >= 0.6 is 23.2 Å². The van der Waals surface area contributed by atoms with Crippen molar-refractivity contribution in [3.8, 4) is 5.75 Å². The number of ether oxygens (including phenoxy) is 2. The minimum Gasteiger partial charge on any atom is -0.482 e. The fraction of sp³-hybridized carbons (Fsp3) is 0.188. The fourth-order valence-electron chi connectivity index (χ4n) is 1.66. The SMILES string of the molecule is C[C@H](OC(=O)COc1cccc(Cl)c1)C(=O)Nc1ccc(Cl)cn1. The van der Waals surface area contributed by atoms with E-state index in [2.05, 4.69) is 10.3 Å². The third-order valence-electron chi connectivity index (χ3n) is 2.81. The molecule has 24 heavy (non-hydrogen) atoms. The van der Waals surface area contributed by atoms with Crippen molar-refractivity contribution in [3.05, 3.63) is 52.6 Å². The van der Waals surface area contributed by atoms with Gasteiger partial charge in [-0.1, -0.05) is 29.3 Å². The molecular formula is C16H14Cl2N2O4. The van der Waals surface area contributed by atoms with Crippen molar-refractivity contribution in [2.45, 2.75) is 13.0 Å². The predicted octanol–water partition coefficient (Wildman–Crippen LogP) is 3.34. The standard InChI is InChI=1S/C16H14Cl2N2O4/c1-10(16(22)20-14-6-5-12(18)8-19-14)24-15(21)9-23-13-4-2-3-11(17)7-13/h2-8,10H,9H2,1H3,(H,19,20,22)/t10-/m0/s1. The quantitative estimate of drug-likeness (QED) is 0.791. The number of carbonyl (C=O) groups is 2. The highest BCUT2D eigenvalue weighted by Gasteiger charge is 2.18. The number of rotatable bonds is 6. The number of hydrogen-bond donors (Lipinski definition) is 1. The Morgan fingerprint density at radius 1 is 1.21 bits per heavy atom. The van der Waals surface area contributed by atoms with Crippen LogP contribution in [0.3, 0.4) is 0 Å². The minimum absolute atomic E-state index is 0.308. The normalized spacial score (nSPS) is 11.5. The van der Waals surface area contributed by atoms with Crippen LogP contribution in [0.5, 0.6) is 5.75 Å². The van der Waals surface area contributed by atoms with E-state index < -0.39 is 18.0 Å². The van der Waals surface area contributed by atoms with Gasteiger partial charge in [0.1, 0.15) is 11.6 Å². The molecule has 0 fully saturated rings. The molecule has 0 bridgehead atoms. The number of hydrogen-bond acceptors (Lipinski definition) is 5. The summed E-state index contributed by atoms with van der Waals surface area (Å²) >= 11 is 11.5. The molecular weight excluding hydrogens is 355 g/mol. The topological polar surface area (TPSA) is 77.5 Å². The molecule has 1 atom stereocenters. The molecule has 8 heteroatoms. The predicted molar refractivity (Wildman–Crippen MR) is 90.4 cm³/mol. The lowest BCUT2D eigenvalue weighted by molar-refractivity contribution is -0.155. The molecule has 2 aromatic rings. The number of esters is 1. The molecule has 0 radical (unpaired) electrons. The van der Waals surface area contributed by atoms with Crippen LogP contribution < -0.4 is 10.1 Å². The summed E-state index contributed by atoms with van der Waals surface area (Å²) < 4.78 is 10.2. The molecule has 6 nitrogen and oxygen atoms in total. The highest BCUT2D eigenvalue weighted by molar-refractivity contribution is 6.30. The van der Waals surface area contributed by atoms with E-state index in [0.717, 1.165) is 0 Å². The number of anilines is 1. The van der Waals surface area contributed by atoms with E-state index in [4.69, 9.17) is 32.7 Å². The second-order valence-corrected chi connectivity index (χ2v) is 5.60. The Balaban J connectivity index is 1.80. The summed E-state index contributed by atoms with van der Waals surface area (Å²) in [6, 6.07) is 9.72. The van der Waals surface area contributed by atoms with Gasteiger partial charge in [-0.25, -0.2) is 9.78 Å². The van der Waals surface area contributed by atoms with Crippen LogP contribution in [0.4, 0.5) is 5.82 Å². The zero-order chi connectivity index (χ0) is 17.5. The molecule has 126 valence electrons. The molecule has 2 rings (SSSR count). The van der Waals surface area contributed by atoms with Gasteiger partial charge in [0, 0.05) is 11.2 Å². The lowest BCUT2D eigenvalue weighted by Crippen LogP contribution is -2.31. The van der Waals surface area contributed by atoms with Crippen molar-refractivity contribution >= 4 is 40.9 Å². The zero-order valence-corrected chi connectivity index (χ0v) is 14.2. The third kappa shape index (κ3) is 5.72. The number of amides is 1. The van der Waals surface area contributed by atoms with Gasteiger partial charge in [0.25, 0.3) is 5.91 Å². The third-order valence-corrected chi connectivity index (χ3v) is 3.27. The molecule has 0 saturated heterocycles. The maximum Gasteiger partial charge on any atom is 0.344 e. The van der Waals surface area contributed by atoms with Crippen molar-refractivity contribution in [2.75, 3.05) is 11.9 Å². The fourth-order valence-corrected chi connectivity index (χ4v) is 1.95. The summed E-state index contributed by atoms with van der Waals surface area (Å²) in [7, 11) is 0. The summed E-state index contributed by atoms with van der Waals surface area (Å²) in [4.78, 5) is 27.6. The van der Waals surface area contributed by atoms with Crippen LogP contribution in [0.1, 0.15) is 6.92 Å². The number of nitrogens with one attached hydrogen (secondary N) is 1. The summed E-state index contributed by atoms with van der Waals surface area (Å²) in [6.07, 6.45) is 0.394. The van der Waals surface area contributed by atoms with Gasteiger partial charge in [0.05, 0.1) is 5.02 Å². The molecule has 0 saturated carbocycles. The Morgan fingerprint density at radius 3 is 2.67 bits per heavy atom. The van der Waals surface area contributed by atoms with Gasteiger partial charge in [0.15, 0.2) is 12.7 Å². The van der Waals surface area contributed by atoms with Crippen molar-refractivity contribution in [1.29, 1.82) is 0 Å². The van der Waals surface area contributed by atoms with Gasteiger partial charge in [-0.2, -0.15) is 0 Å². The Morgan fingerprint density at radius 2 is 2.00 bits per heavy atom. The molecule has 0 unspecified atom stereocenters. The van der Waals surface area contributed by atoms with Crippen molar-refractivity contribution in [1.82, 2.24) is 4.98 Å². The van der Waals surface area contributed by atoms with E-state index in [0.29, 0.717) is 21.6 Å². The molecule has 1 N–H and O–H groups in total. The lowest BCUT2D eigenvalue weighted by Gasteiger charge is -2.13. The molecule has 0 aliphatic rings. The molecule has 1 amide bonds. The molecule has 0 aliphatic carbocycles. The second-order valence-electron chi connectivity index (χ2n) is 4.73. The Labute approximate surface area is 148 Å². The van der Waals surface area contributed by atoms with E-state index >= 15 is 0 Å². The molecule has 1 heterocycles. The Bertz CT molecular complexity index is 722. The number of nitrogens with zero attached hydrogens (tertiary/aromatic N) is 1. The number of aromatic nitrogens is 1. The Kier molecular flexibility index (Phi) is 6.40. The Hall–Kier alpha value is -2.31. The maximum atomic E-state index is 11.9. The minimum atomic E-state index is -1.00. The number of halogens is 2. The smallest absolute Gasteiger partial charge is 0.344 e. The second kappa shape index (κ2) is 8.52. The molecule has 0 spiro atoms. The van der Waals surface area contributed by atoms with Gasteiger partial charge < -0.3 is 14.8 Å². The molecule has 0 aliphatic heterocycles. The van der Waals surface area contributed by atoms with Crippen LogP contribution in [-0.4, -0.2) is 29.6 Å². The van der Waals surface area contributed by atoms with Crippen molar-refractivity contribution in [2.24, 2.45) is 0 Å². The van der Waals surface area contributed by atoms with E-state index in [-0.39, 0.29) is 6.61 Å². The molecule has 1 aromatic heterocycles. The average Bonchev–Trinajstić information content (AvgIpc) is 2.55. The van der Waals surface area contributed by atoms with Gasteiger partial charge in [-0.15, -0.1) is 0 Å². The van der Waals surface area contributed by atoms with Crippen LogP contribution in [-0.2, 0) is 14.3 Å². The summed E-state index contributed by atoms with van der Waals surface area (Å²) in [5, 5.41) is 3.45. The van der Waals surface area contributed by atoms with Gasteiger partial charge >= 0.3 is 5.97 Å². The average molecular weight is 369 g/mol.